The summed E-state index contributed by atoms with van der Waals surface area (Å²) in [6.45, 7) is 3.81. The van der Waals surface area contributed by atoms with Gasteiger partial charge in [0.05, 0.1) is 6.04 Å². The molecule has 0 aliphatic rings. The van der Waals surface area contributed by atoms with E-state index in [2.05, 4.69) is 0 Å². The van der Waals surface area contributed by atoms with Crippen LogP contribution in [0.1, 0.15) is 30.6 Å². The van der Waals surface area contributed by atoms with Crippen molar-refractivity contribution in [3.8, 4) is 11.1 Å². The molecule has 4 heteroatoms. The molecule has 2 rings (SSSR count). The second kappa shape index (κ2) is 7.79. The Morgan fingerprint density at radius 3 is 1.96 bits per heavy atom. The molecule has 2 N–H and O–H groups in total. The Morgan fingerprint density at radius 1 is 0.875 bits per heavy atom. The number of rotatable bonds is 7. The minimum atomic E-state index is -1.05. The van der Waals surface area contributed by atoms with Crippen LogP contribution in [0.4, 0.5) is 0 Å². The number of carbonyl (C=O) groups excluding carboxylic acids is 3. The Balaban J connectivity index is 2.12. The first kappa shape index (κ1) is 17.8. The van der Waals surface area contributed by atoms with Gasteiger partial charge < -0.3 is 5.73 Å². The summed E-state index contributed by atoms with van der Waals surface area (Å²) in [4.78, 5) is 36.2. The highest BCUT2D eigenvalue weighted by Gasteiger charge is 2.29. The van der Waals surface area contributed by atoms with Gasteiger partial charge in [-0.05, 0) is 23.5 Å². The van der Waals surface area contributed by atoms with E-state index in [9.17, 15) is 14.4 Å². The first-order chi connectivity index (χ1) is 11.4. The van der Waals surface area contributed by atoms with Crippen LogP contribution in [-0.4, -0.2) is 23.4 Å². The maximum Gasteiger partial charge on any atom is 0.270 e. The van der Waals surface area contributed by atoms with Crippen molar-refractivity contribution in [2.24, 2.45) is 11.7 Å². The van der Waals surface area contributed by atoms with Crippen molar-refractivity contribution in [2.75, 3.05) is 0 Å². The molecule has 2 aromatic carbocycles. The minimum Gasteiger partial charge on any atom is -0.321 e. The smallest absolute Gasteiger partial charge is 0.270 e. The van der Waals surface area contributed by atoms with Gasteiger partial charge in [0.1, 0.15) is 0 Å². The number of hydrogen-bond donors (Lipinski definition) is 1. The Bertz CT molecular complexity index is 733. The van der Waals surface area contributed by atoms with Gasteiger partial charge in [0.2, 0.25) is 11.6 Å². The van der Waals surface area contributed by atoms with Gasteiger partial charge in [-0.15, -0.1) is 0 Å². The van der Waals surface area contributed by atoms with Crippen LogP contribution < -0.4 is 5.73 Å². The zero-order chi connectivity index (χ0) is 17.7. The Labute approximate surface area is 141 Å². The van der Waals surface area contributed by atoms with Gasteiger partial charge in [0.25, 0.3) is 5.78 Å². The molecule has 124 valence electrons. The lowest BCUT2D eigenvalue weighted by Gasteiger charge is -2.11. The van der Waals surface area contributed by atoms with E-state index in [4.69, 9.17) is 5.73 Å². The fraction of sp³-hybridized carbons (Fsp3) is 0.250. The Hall–Kier alpha value is -2.59. The van der Waals surface area contributed by atoms with Crippen LogP contribution >= 0.6 is 0 Å². The molecule has 0 aliphatic heterocycles. The maximum absolute atomic E-state index is 12.2. The summed E-state index contributed by atoms with van der Waals surface area (Å²) >= 11 is 0. The first-order valence-electron chi connectivity index (χ1n) is 7.94. The summed E-state index contributed by atoms with van der Waals surface area (Å²) in [5, 5.41) is 0. The normalized spacial score (nSPS) is 12.0. The summed E-state index contributed by atoms with van der Waals surface area (Å²) in [6, 6.07) is 15.4. The topological polar surface area (TPSA) is 77.2 Å². The molecule has 1 atom stereocenters. The molecule has 0 bridgehead atoms. The molecule has 24 heavy (non-hydrogen) atoms. The molecular formula is C20H21NO3. The quantitative estimate of drug-likeness (QED) is 0.482. The third-order valence-corrected chi connectivity index (χ3v) is 3.75. The largest absolute Gasteiger partial charge is 0.321 e. The summed E-state index contributed by atoms with van der Waals surface area (Å²) in [7, 11) is 0. The third-order valence-electron chi connectivity index (χ3n) is 3.75. The van der Waals surface area contributed by atoms with Crippen molar-refractivity contribution in [3.63, 3.8) is 0 Å². The third kappa shape index (κ3) is 4.24. The van der Waals surface area contributed by atoms with Gasteiger partial charge in [-0.2, -0.15) is 0 Å². The zero-order valence-corrected chi connectivity index (χ0v) is 13.9. The van der Waals surface area contributed by atoms with E-state index in [1.165, 1.54) is 0 Å². The van der Waals surface area contributed by atoms with Crippen molar-refractivity contribution < 1.29 is 14.4 Å². The summed E-state index contributed by atoms with van der Waals surface area (Å²) < 4.78 is 0. The fourth-order valence-corrected chi connectivity index (χ4v) is 2.47. The number of Topliss-reactive ketones (excluding diaryl/α,β-unsaturated/α-hetero) is 3. The molecule has 0 aliphatic carbocycles. The fourth-order valence-electron chi connectivity index (χ4n) is 2.47. The SMILES string of the molecule is CC(C)CC(N)C(=O)C(=O)C(=O)c1ccc(-c2ccccc2)cc1. The minimum absolute atomic E-state index is 0.178. The van der Waals surface area contributed by atoms with Gasteiger partial charge >= 0.3 is 0 Å². The standard InChI is InChI=1S/C20H21NO3/c1-13(2)12-17(21)19(23)20(24)18(22)16-10-8-15(9-11-16)14-6-4-3-5-7-14/h3-11,13,17H,12,21H2,1-2H3. The van der Waals surface area contributed by atoms with Gasteiger partial charge in [-0.3, -0.25) is 14.4 Å². The summed E-state index contributed by atoms with van der Waals surface area (Å²) in [5.74, 6) is -2.49. The van der Waals surface area contributed by atoms with Crippen molar-refractivity contribution in [2.45, 2.75) is 26.3 Å². The van der Waals surface area contributed by atoms with E-state index < -0.39 is 23.4 Å². The summed E-state index contributed by atoms with van der Waals surface area (Å²) in [5.41, 5.74) is 7.86. The molecule has 0 saturated heterocycles. The molecule has 0 saturated carbocycles. The summed E-state index contributed by atoms with van der Waals surface area (Å²) in [6.07, 6.45) is 0.380. The Kier molecular flexibility index (Phi) is 5.77. The molecule has 2 aromatic rings. The molecule has 0 radical (unpaired) electrons. The highest BCUT2D eigenvalue weighted by atomic mass is 16.2. The lowest BCUT2D eigenvalue weighted by molar-refractivity contribution is -0.134. The van der Waals surface area contributed by atoms with Crippen molar-refractivity contribution in [3.05, 3.63) is 60.2 Å². The monoisotopic (exact) mass is 323 g/mol. The molecule has 0 spiro atoms. The van der Waals surface area contributed by atoms with E-state index in [1.54, 1.807) is 24.3 Å². The van der Waals surface area contributed by atoms with Crippen molar-refractivity contribution in [1.29, 1.82) is 0 Å². The molecule has 1 unspecified atom stereocenters. The van der Waals surface area contributed by atoms with Crippen molar-refractivity contribution in [1.82, 2.24) is 0 Å². The lowest BCUT2D eigenvalue weighted by Crippen LogP contribution is -2.40. The average Bonchev–Trinajstić information content (AvgIpc) is 2.60. The number of benzene rings is 2. The van der Waals surface area contributed by atoms with E-state index in [0.29, 0.717) is 6.42 Å². The Morgan fingerprint density at radius 2 is 1.42 bits per heavy atom. The molecule has 0 aromatic heterocycles. The highest BCUT2D eigenvalue weighted by Crippen LogP contribution is 2.19. The van der Waals surface area contributed by atoms with Gasteiger partial charge in [-0.1, -0.05) is 68.4 Å². The van der Waals surface area contributed by atoms with Gasteiger partial charge in [0, 0.05) is 5.56 Å². The predicted molar refractivity (Wildman–Crippen MR) is 93.7 cm³/mol. The highest BCUT2D eigenvalue weighted by molar-refractivity contribution is 6.67. The van der Waals surface area contributed by atoms with Gasteiger partial charge in [-0.25, -0.2) is 0 Å². The number of ketones is 3. The molecular weight excluding hydrogens is 302 g/mol. The first-order valence-corrected chi connectivity index (χ1v) is 7.94. The van der Waals surface area contributed by atoms with Crippen LogP contribution in [0.2, 0.25) is 0 Å². The van der Waals surface area contributed by atoms with Crippen molar-refractivity contribution >= 4 is 17.3 Å². The maximum atomic E-state index is 12.2. The predicted octanol–water partition coefficient (Wildman–Crippen LogP) is 3.05. The molecule has 0 amide bonds. The van der Waals surface area contributed by atoms with Crippen LogP contribution in [-0.2, 0) is 9.59 Å². The van der Waals surface area contributed by atoms with Crippen LogP contribution in [0.15, 0.2) is 54.6 Å². The van der Waals surface area contributed by atoms with Crippen LogP contribution in [0.25, 0.3) is 11.1 Å². The van der Waals surface area contributed by atoms with Crippen LogP contribution in [0.5, 0.6) is 0 Å². The van der Waals surface area contributed by atoms with E-state index in [1.807, 2.05) is 44.2 Å². The lowest BCUT2D eigenvalue weighted by atomic mass is 9.95. The van der Waals surface area contributed by atoms with Crippen LogP contribution in [0.3, 0.4) is 0 Å². The second-order valence-corrected chi connectivity index (χ2v) is 6.20. The molecule has 0 heterocycles. The number of nitrogens with two attached hydrogens (primary N) is 1. The van der Waals surface area contributed by atoms with E-state index in [0.717, 1.165) is 11.1 Å². The van der Waals surface area contributed by atoms with E-state index >= 15 is 0 Å². The number of hydrogen-bond acceptors (Lipinski definition) is 4. The average molecular weight is 323 g/mol. The molecule has 4 nitrogen and oxygen atoms in total. The van der Waals surface area contributed by atoms with Gasteiger partial charge in [0.15, 0.2) is 0 Å². The van der Waals surface area contributed by atoms with E-state index in [-0.39, 0.29) is 11.5 Å². The number of carbonyl (C=O) groups is 3. The van der Waals surface area contributed by atoms with Crippen LogP contribution in [0, 0.1) is 5.92 Å². The second-order valence-electron chi connectivity index (χ2n) is 6.20. The molecule has 0 fully saturated rings. The zero-order valence-electron chi connectivity index (χ0n) is 13.9.